The molecule has 4 nitrogen and oxygen atoms in total. The molecular formula is C10H14ClN3O. The van der Waals surface area contributed by atoms with E-state index in [1.54, 1.807) is 13.1 Å². The van der Waals surface area contributed by atoms with Crippen LogP contribution >= 0.6 is 11.6 Å². The Morgan fingerprint density at radius 3 is 2.80 bits per heavy atom. The van der Waals surface area contributed by atoms with Crippen molar-refractivity contribution in [1.82, 2.24) is 5.32 Å². The van der Waals surface area contributed by atoms with Crippen LogP contribution in [-0.4, -0.2) is 25.4 Å². The zero-order valence-corrected chi connectivity index (χ0v) is 9.42. The molecule has 0 bridgehead atoms. The van der Waals surface area contributed by atoms with Crippen LogP contribution < -0.4 is 5.32 Å². The lowest BCUT2D eigenvalue weighted by Crippen LogP contribution is -2.26. The first-order chi connectivity index (χ1) is 7.19. The van der Waals surface area contributed by atoms with E-state index in [0.29, 0.717) is 5.70 Å². The number of rotatable bonds is 5. The molecule has 0 aromatic carbocycles. The average molecular weight is 228 g/mol. The van der Waals surface area contributed by atoms with Gasteiger partial charge in [-0.05, 0) is 26.5 Å². The van der Waals surface area contributed by atoms with Crippen LogP contribution in [0.25, 0.3) is 0 Å². The summed E-state index contributed by atoms with van der Waals surface area (Å²) >= 11 is 5.82. The molecule has 0 atom stereocenters. The number of halogens is 1. The molecule has 1 saturated carbocycles. The lowest BCUT2D eigenvalue weighted by atomic mass is 10.4. The second kappa shape index (κ2) is 5.66. The number of amides is 1. The SMILES string of the molecule is C=N/C(CNC(=O)C1CC1)=C(Cl)\N=C/C. The van der Waals surface area contributed by atoms with Crippen molar-refractivity contribution in [3.63, 3.8) is 0 Å². The predicted molar refractivity (Wildman–Crippen MR) is 62.3 cm³/mol. The van der Waals surface area contributed by atoms with E-state index >= 15 is 0 Å². The van der Waals surface area contributed by atoms with E-state index in [4.69, 9.17) is 11.6 Å². The summed E-state index contributed by atoms with van der Waals surface area (Å²) in [6, 6.07) is 0. The van der Waals surface area contributed by atoms with Gasteiger partial charge in [0.25, 0.3) is 0 Å². The Hall–Kier alpha value is -1.16. The number of nitrogens with zero attached hydrogens (tertiary/aromatic N) is 2. The highest BCUT2D eigenvalue weighted by Crippen LogP contribution is 2.28. The molecule has 0 aromatic rings. The van der Waals surface area contributed by atoms with Gasteiger partial charge in [-0.2, -0.15) is 0 Å². The Labute approximate surface area is 94.1 Å². The molecule has 0 saturated heterocycles. The number of hydrogen-bond donors (Lipinski definition) is 1. The van der Waals surface area contributed by atoms with Gasteiger partial charge in [0, 0.05) is 12.1 Å². The molecule has 5 heteroatoms. The van der Waals surface area contributed by atoms with Gasteiger partial charge in [-0.15, -0.1) is 0 Å². The molecule has 1 rings (SSSR count). The van der Waals surface area contributed by atoms with Crippen LogP contribution in [-0.2, 0) is 4.79 Å². The van der Waals surface area contributed by atoms with E-state index < -0.39 is 0 Å². The predicted octanol–water partition coefficient (Wildman–Crippen LogP) is 1.71. The van der Waals surface area contributed by atoms with E-state index in [2.05, 4.69) is 22.0 Å². The fourth-order valence-corrected chi connectivity index (χ4v) is 1.27. The van der Waals surface area contributed by atoms with Crippen molar-refractivity contribution in [3.05, 3.63) is 10.9 Å². The minimum atomic E-state index is 0.0566. The van der Waals surface area contributed by atoms with Crippen molar-refractivity contribution in [3.8, 4) is 0 Å². The largest absolute Gasteiger partial charge is 0.350 e. The molecule has 1 aliphatic carbocycles. The van der Waals surface area contributed by atoms with Gasteiger partial charge < -0.3 is 5.32 Å². The molecule has 0 spiro atoms. The molecular weight excluding hydrogens is 214 g/mol. The van der Waals surface area contributed by atoms with Gasteiger partial charge in [-0.1, -0.05) is 11.6 Å². The van der Waals surface area contributed by atoms with Crippen LogP contribution in [0.1, 0.15) is 19.8 Å². The zero-order valence-electron chi connectivity index (χ0n) is 8.66. The molecule has 0 heterocycles. The number of hydrogen-bond acceptors (Lipinski definition) is 3. The van der Waals surface area contributed by atoms with Crippen molar-refractivity contribution in [2.45, 2.75) is 19.8 Å². The molecule has 0 aliphatic heterocycles. The van der Waals surface area contributed by atoms with Gasteiger partial charge >= 0.3 is 0 Å². The quantitative estimate of drug-likeness (QED) is 0.564. The van der Waals surface area contributed by atoms with E-state index in [1.165, 1.54) is 0 Å². The topological polar surface area (TPSA) is 53.8 Å². The van der Waals surface area contributed by atoms with E-state index in [1.807, 2.05) is 0 Å². The van der Waals surface area contributed by atoms with Gasteiger partial charge in [0.05, 0.1) is 12.2 Å². The van der Waals surface area contributed by atoms with Crippen molar-refractivity contribution >= 4 is 30.4 Å². The van der Waals surface area contributed by atoms with Crippen molar-refractivity contribution < 1.29 is 4.79 Å². The van der Waals surface area contributed by atoms with Crippen LogP contribution in [0.2, 0.25) is 0 Å². The summed E-state index contributed by atoms with van der Waals surface area (Å²) in [5.41, 5.74) is 0.490. The van der Waals surface area contributed by atoms with Gasteiger partial charge in [0.1, 0.15) is 0 Å². The number of aliphatic imine (C=N–C) groups is 2. The normalized spacial score (nSPS) is 17.5. The first kappa shape index (κ1) is 11.9. The van der Waals surface area contributed by atoms with Crippen molar-refractivity contribution in [2.24, 2.45) is 15.9 Å². The summed E-state index contributed by atoms with van der Waals surface area (Å²) in [5.74, 6) is 0.241. The zero-order chi connectivity index (χ0) is 11.3. The lowest BCUT2D eigenvalue weighted by Gasteiger charge is -2.04. The summed E-state index contributed by atoms with van der Waals surface area (Å²) in [6.45, 7) is 5.43. The Morgan fingerprint density at radius 2 is 2.33 bits per heavy atom. The minimum absolute atomic E-state index is 0.0566. The van der Waals surface area contributed by atoms with Crippen LogP contribution in [0.3, 0.4) is 0 Å². The van der Waals surface area contributed by atoms with E-state index in [9.17, 15) is 4.79 Å². The highest BCUT2D eigenvalue weighted by atomic mass is 35.5. The Morgan fingerprint density at radius 1 is 1.67 bits per heavy atom. The molecule has 1 fully saturated rings. The molecule has 1 aliphatic rings. The van der Waals surface area contributed by atoms with Gasteiger partial charge in [-0.25, -0.2) is 4.99 Å². The Balaban J connectivity index is 2.49. The average Bonchev–Trinajstić information content (AvgIpc) is 3.02. The molecule has 82 valence electrons. The van der Waals surface area contributed by atoms with E-state index in [0.717, 1.165) is 12.8 Å². The van der Waals surface area contributed by atoms with Crippen LogP contribution in [0, 0.1) is 5.92 Å². The van der Waals surface area contributed by atoms with Crippen LogP contribution in [0.5, 0.6) is 0 Å². The fraction of sp³-hybridized carbons (Fsp3) is 0.500. The summed E-state index contributed by atoms with van der Waals surface area (Å²) in [4.78, 5) is 18.9. The summed E-state index contributed by atoms with van der Waals surface area (Å²) in [7, 11) is 0. The first-order valence-electron chi connectivity index (χ1n) is 4.80. The molecule has 0 aromatic heterocycles. The van der Waals surface area contributed by atoms with Gasteiger partial charge in [-0.3, -0.25) is 9.79 Å². The Kier molecular flexibility index (Phi) is 4.49. The maximum atomic E-state index is 11.3. The highest BCUT2D eigenvalue weighted by Gasteiger charge is 2.29. The maximum Gasteiger partial charge on any atom is 0.223 e. The second-order valence-electron chi connectivity index (χ2n) is 3.27. The molecule has 1 N–H and O–H groups in total. The lowest BCUT2D eigenvalue weighted by molar-refractivity contribution is -0.122. The monoisotopic (exact) mass is 227 g/mol. The van der Waals surface area contributed by atoms with Crippen molar-refractivity contribution in [2.75, 3.05) is 6.54 Å². The van der Waals surface area contributed by atoms with Gasteiger partial charge in [0.15, 0.2) is 5.16 Å². The second-order valence-corrected chi connectivity index (χ2v) is 3.63. The fourth-order valence-electron chi connectivity index (χ4n) is 1.04. The summed E-state index contributed by atoms with van der Waals surface area (Å²) in [6.07, 6.45) is 3.52. The smallest absolute Gasteiger partial charge is 0.223 e. The highest BCUT2D eigenvalue weighted by molar-refractivity contribution is 6.30. The van der Waals surface area contributed by atoms with Gasteiger partial charge in [0.2, 0.25) is 5.91 Å². The maximum absolute atomic E-state index is 11.3. The third-order valence-corrected chi connectivity index (χ3v) is 2.37. The van der Waals surface area contributed by atoms with E-state index in [-0.39, 0.29) is 23.5 Å². The molecule has 15 heavy (non-hydrogen) atoms. The van der Waals surface area contributed by atoms with Crippen LogP contribution in [0.15, 0.2) is 20.8 Å². The Bertz CT molecular complexity index is 319. The number of nitrogens with one attached hydrogen (secondary N) is 1. The first-order valence-corrected chi connectivity index (χ1v) is 5.18. The minimum Gasteiger partial charge on any atom is -0.350 e. The third-order valence-electron chi connectivity index (χ3n) is 2.05. The summed E-state index contributed by atoms with van der Waals surface area (Å²) < 4.78 is 0. The summed E-state index contributed by atoms with van der Waals surface area (Å²) in [5, 5.41) is 3.01. The van der Waals surface area contributed by atoms with Crippen molar-refractivity contribution in [1.29, 1.82) is 0 Å². The third kappa shape index (κ3) is 3.83. The number of carbonyl (C=O) groups excluding carboxylic acids is 1. The molecule has 0 radical (unpaired) electrons. The standard InChI is InChI=1S/C10H14ClN3O/c1-3-13-9(11)8(12-2)6-14-10(15)7-4-5-7/h3,7H,2,4-6H2,1H3,(H,14,15)/b9-8-,13-3-. The molecule has 1 amide bonds. The number of carbonyl (C=O) groups is 1. The molecule has 0 unspecified atom stereocenters. The van der Waals surface area contributed by atoms with Crippen LogP contribution in [0.4, 0.5) is 0 Å².